The molecule has 1 aliphatic carbocycles. The first-order valence-electron chi connectivity index (χ1n) is 15.1. The predicted octanol–water partition coefficient (Wildman–Crippen LogP) is 4.50. The fourth-order valence-electron chi connectivity index (χ4n) is 7.91. The fourth-order valence-corrected chi connectivity index (χ4v) is 7.91. The summed E-state index contributed by atoms with van der Waals surface area (Å²) in [4.78, 5) is 35.1. The van der Waals surface area contributed by atoms with Gasteiger partial charge in [-0.1, -0.05) is 44.2 Å². The van der Waals surface area contributed by atoms with Crippen LogP contribution in [0.3, 0.4) is 0 Å². The molecular weight excluding hydrogens is 478 g/mol. The van der Waals surface area contributed by atoms with E-state index in [4.69, 9.17) is 4.98 Å². The van der Waals surface area contributed by atoms with Gasteiger partial charge in [-0.25, -0.2) is 4.98 Å². The number of anilines is 1. The molecule has 0 radical (unpaired) electrons. The van der Waals surface area contributed by atoms with Crippen molar-refractivity contribution in [2.24, 2.45) is 5.92 Å². The molecule has 2 aromatic rings. The van der Waals surface area contributed by atoms with Gasteiger partial charge in [-0.05, 0) is 70.2 Å². The first-order valence-corrected chi connectivity index (χ1v) is 15.1. The number of carboxylic acids is 1. The Morgan fingerprint density at radius 2 is 1.66 bits per heavy atom. The molecule has 4 aliphatic rings. The summed E-state index contributed by atoms with van der Waals surface area (Å²) in [5.74, 6) is -0.459. The Kier molecular flexibility index (Phi) is 7.70. The van der Waals surface area contributed by atoms with Gasteiger partial charge >= 0.3 is 5.97 Å². The summed E-state index contributed by atoms with van der Waals surface area (Å²) in [6.45, 7) is 2.99. The summed E-state index contributed by atoms with van der Waals surface area (Å²) in [5.41, 5.74) is 1.83. The number of piperidine rings is 1. The zero-order valence-corrected chi connectivity index (χ0v) is 22.6. The number of fused-ring (bicyclic) bond motifs is 3. The van der Waals surface area contributed by atoms with Crippen LogP contribution < -0.4 is 10.9 Å². The van der Waals surface area contributed by atoms with E-state index in [1.54, 1.807) is 0 Å². The van der Waals surface area contributed by atoms with E-state index in [2.05, 4.69) is 25.8 Å². The maximum atomic E-state index is 14.0. The Morgan fingerprint density at radius 1 is 0.921 bits per heavy atom. The van der Waals surface area contributed by atoms with Gasteiger partial charge in [0.05, 0.1) is 23.0 Å². The molecule has 0 amide bonds. The molecule has 1 unspecified atom stereocenters. The number of hydrogen-bond donors (Lipinski definition) is 2. The number of hydrogen-bond acceptors (Lipinski definition) is 6. The average Bonchev–Trinajstić information content (AvgIpc) is 3.47. The molecule has 8 nitrogen and oxygen atoms in total. The minimum absolute atomic E-state index is 0.00320. The van der Waals surface area contributed by atoms with Gasteiger partial charge < -0.3 is 15.3 Å². The van der Waals surface area contributed by atoms with E-state index in [0.29, 0.717) is 43.3 Å². The predicted molar refractivity (Wildman–Crippen MR) is 150 cm³/mol. The third kappa shape index (κ3) is 5.09. The number of aliphatic carboxylic acids is 1. The maximum Gasteiger partial charge on any atom is 0.306 e. The van der Waals surface area contributed by atoms with Crippen molar-refractivity contribution in [1.29, 1.82) is 0 Å². The first-order chi connectivity index (χ1) is 18.6. The molecule has 2 N–H and O–H groups in total. The Bertz CT molecular complexity index is 1180. The van der Waals surface area contributed by atoms with E-state index in [-0.39, 0.29) is 17.5 Å². The van der Waals surface area contributed by atoms with Crippen molar-refractivity contribution in [2.75, 3.05) is 31.5 Å². The highest BCUT2D eigenvalue weighted by Crippen LogP contribution is 2.47. The van der Waals surface area contributed by atoms with Crippen LogP contribution in [0.2, 0.25) is 0 Å². The number of carbonyl (C=O) groups is 1. The minimum Gasteiger partial charge on any atom is -0.481 e. The van der Waals surface area contributed by atoms with Crippen LogP contribution in [0, 0.1) is 5.92 Å². The van der Waals surface area contributed by atoms with Gasteiger partial charge in [0.15, 0.2) is 5.82 Å². The Hall–Kier alpha value is -2.45. The van der Waals surface area contributed by atoms with Crippen LogP contribution in [0.25, 0.3) is 11.0 Å². The lowest BCUT2D eigenvalue weighted by molar-refractivity contribution is -0.143. The molecule has 3 atom stereocenters. The van der Waals surface area contributed by atoms with E-state index < -0.39 is 5.97 Å². The van der Waals surface area contributed by atoms with Crippen LogP contribution in [-0.4, -0.2) is 74.7 Å². The van der Waals surface area contributed by atoms with Crippen molar-refractivity contribution in [3.8, 4) is 0 Å². The van der Waals surface area contributed by atoms with Crippen LogP contribution in [0.15, 0.2) is 29.1 Å². The van der Waals surface area contributed by atoms with E-state index in [1.807, 2.05) is 18.2 Å². The van der Waals surface area contributed by atoms with E-state index >= 15 is 0 Å². The third-order valence-corrected chi connectivity index (χ3v) is 9.84. The summed E-state index contributed by atoms with van der Waals surface area (Å²) in [7, 11) is 0. The van der Waals surface area contributed by atoms with Crippen molar-refractivity contribution >= 4 is 22.8 Å². The molecule has 1 saturated carbocycles. The highest BCUT2D eigenvalue weighted by molar-refractivity contribution is 5.76. The second kappa shape index (κ2) is 11.3. The number of likely N-dealkylation sites (tertiary alicyclic amines) is 1. The van der Waals surface area contributed by atoms with Gasteiger partial charge in [0.1, 0.15) is 0 Å². The van der Waals surface area contributed by atoms with Crippen molar-refractivity contribution in [2.45, 2.75) is 101 Å². The zero-order chi connectivity index (χ0) is 26.1. The van der Waals surface area contributed by atoms with Gasteiger partial charge in [0.25, 0.3) is 5.56 Å². The molecule has 3 saturated heterocycles. The van der Waals surface area contributed by atoms with Crippen LogP contribution in [-0.2, 0) is 4.79 Å². The number of nitrogens with zero attached hydrogens (tertiary/aromatic N) is 4. The minimum atomic E-state index is -0.683. The summed E-state index contributed by atoms with van der Waals surface area (Å²) < 4.78 is 2.09. The summed E-state index contributed by atoms with van der Waals surface area (Å²) in [6.07, 6.45) is 14.3. The molecule has 1 aromatic carbocycles. The zero-order valence-electron chi connectivity index (χ0n) is 22.6. The first kappa shape index (κ1) is 25.8. The molecule has 0 spiro atoms. The lowest BCUT2D eigenvalue weighted by atomic mass is 9.94. The van der Waals surface area contributed by atoms with Crippen LogP contribution in [0.5, 0.6) is 0 Å². The molecule has 206 valence electrons. The van der Waals surface area contributed by atoms with E-state index in [1.165, 1.54) is 57.8 Å². The number of carboxylic acid groups (broad SMARTS) is 1. The van der Waals surface area contributed by atoms with Crippen LogP contribution in [0.1, 0.15) is 83.1 Å². The molecule has 1 aromatic heterocycles. The van der Waals surface area contributed by atoms with E-state index in [9.17, 15) is 14.7 Å². The highest BCUT2D eigenvalue weighted by atomic mass is 16.4. The maximum absolute atomic E-state index is 14.0. The SMILES string of the molecule is O=C(O)C1CCN(CCNc2nc3ccccc3n([C@@H]3C[C@@H]4CCC3N4C3CCCCCCC3)c2=O)CC1. The Balaban J connectivity index is 1.20. The topological polar surface area (TPSA) is 90.7 Å². The number of para-hydroxylation sites is 2. The summed E-state index contributed by atoms with van der Waals surface area (Å²) in [6, 6.07) is 10.0. The smallest absolute Gasteiger partial charge is 0.306 e. The number of benzene rings is 1. The monoisotopic (exact) mass is 521 g/mol. The molecule has 6 rings (SSSR count). The second-order valence-corrected chi connectivity index (χ2v) is 12.1. The van der Waals surface area contributed by atoms with Gasteiger partial charge in [0, 0.05) is 31.2 Å². The molecule has 38 heavy (non-hydrogen) atoms. The Morgan fingerprint density at radius 3 is 2.42 bits per heavy atom. The lowest BCUT2D eigenvalue weighted by Crippen LogP contribution is -2.42. The van der Waals surface area contributed by atoms with Gasteiger partial charge in [0.2, 0.25) is 0 Å². The molecular formula is C30H43N5O3. The molecule has 4 heterocycles. The van der Waals surface area contributed by atoms with Crippen LogP contribution in [0.4, 0.5) is 5.82 Å². The summed E-state index contributed by atoms with van der Waals surface area (Å²) in [5, 5.41) is 12.6. The van der Waals surface area contributed by atoms with Gasteiger partial charge in [-0.3, -0.25) is 19.1 Å². The summed E-state index contributed by atoms with van der Waals surface area (Å²) >= 11 is 0. The second-order valence-electron chi connectivity index (χ2n) is 12.1. The number of rotatable bonds is 7. The van der Waals surface area contributed by atoms with Gasteiger partial charge in [-0.15, -0.1) is 0 Å². The molecule has 4 fully saturated rings. The van der Waals surface area contributed by atoms with Gasteiger partial charge in [-0.2, -0.15) is 0 Å². The number of nitrogens with one attached hydrogen (secondary N) is 1. The molecule has 8 heteroatoms. The van der Waals surface area contributed by atoms with Crippen molar-refractivity contribution in [3.63, 3.8) is 0 Å². The highest BCUT2D eigenvalue weighted by Gasteiger charge is 2.50. The number of aromatic nitrogens is 2. The lowest BCUT2D eigenvalue weighted by Gasteiger charge is -2.34. The van der Waals surface area contributed by atoms with Crippen molar-refractivity contribution in [3.05, 3.63) is 34.6 Å². The molecule has 3 aliphatic heterocycles. The van der Waals surface area contributed by atoms with Crippen LogP contribution >= 0.6 is 0 Å². The normalized spacial score (nSPS) is 27.9. The molecule has 2 bridgehead atoms. The van der Waals surface area contributed by atoms with E-state index in [0.717, 1.165) is 37.1 Å². The Labute approximate surface area is 225 Å². The average molecular weight is 522 g/mol. The standard InChI is InChI=1S/C30H43N5O3/c36-29-28(31-16-19-33-17-14-21(15-18-33)30(37)38)32-24-10-6-7-11-25(24)35(29)27-20-23-12-13-26(27)34(23)22-8-4-2-1-3-5-9-22/h6-7,10-11,21-23,26-27H,1-5,8-9,12-20H2,(H,31,32)(H,37,38)/t23-,26?,27+/m0/s1. The quantitative estimate of drug-likeness (QED) is 0.555. The fraction of sp³-hybridized carbons (Fsp3) is 0.700. The third-order valence-electron chi connectivity index (χ3n) is 9.84. The van der Waals surface area contributed by atoms with Crippen molar-refractivity contribution < 1.29 is 9.90 Å². The van der Waals surface area contributed by atoms with Crippen molar-refractivity contribution in [1.82, 2.24) is 19.4 Å². The largest absolute Gasteiger partial charge is 0.481 e.